The van der Waals surface area contributed by atoms with E-state index in [-0.39, 0.29) is 17.7 Å². The van der Waals surface area contributed by atoms with Crippen LogP contribution < -0.4 is 19.6 Å². The molecule has 0 fully saturated rings. The third-order valence-corrected chi connectivity index (χ3v) is 10.5. The van der Waals surface area contributed by atoms with Crippen LogP contribution in [0.25, 0.3) is 40.0 Å². The highest BCUT2D eigenvalue weighted by Gasteiger charge is 2.35. The summed E-state index contributed by atoms with van der Waals surface area (Å²) in [6.07, 6.45) is 1.96. The van der Waals surface area contributed by atoms with Crippen LogP contribution in [0.4, 0.5) is 0 Å². The molecule has 266 valence electrons. The summed E-state index contributed by atoms with van der Waals surface area (Å²) in [4.78, 5) is 34.4. The molecule has 0 spiro atoms. The maximum Gasteiger partial charge on any atom is 0.338 e. The Balaban J connectivity index is 1.43. The van der Waals surface area contributed by atoms with Crippen molar-refractivity contribution in [3.63, 3.8) is 0 Å². The predicted molar refractivity (Wildman–Crippen MR) is 215 cm³/mol. The molecule has 0 aliphatic carbocycles. The van der Waals surface area contributed by atoms with Crippen molar-refractivity contribution < 1.29 is 14.3 Å². The Morgan fingerprint density at radius 1 is 0.796 bits per heavy atom. The lowest BCUT2D eigenvalue weighted by Gasteiger charge is -2.26. The van der Waals surface area contributed by atoms with Gasteiger partial charge in [0.15, 0.2) is 4.80 Å². The Morgan fingerprint density at radius 3 is 2.09 bits per heavy atom. The molecule has 0 saturated heterocycles. The molecule has 1 aliphatic heterocycles. The minimum absolute atomic E-state index is 0.170. The summed E-state index contributed by atoms with van der Waals surface area (Å²) in [7, 11) is 1.60. The molecule has 7 nitrogen and oxygen atoms in total. The van der Waals surface area contributed by atoms with Crippen molar-refractivity contribution in [2.24, 2.45) is 4.99 Å². The molecule has 2 aromatic heterocycles. The number of methoxy groups -OCH3 is 1. The highest BCUT2D eigenvalue weighted by Crippen LogP contribution is 2.38. The second-order valence-corrected chi connectivity index (χ2v) is 14.0. The zero-order chi connectivity index (χ0) is 37.2. The zero-order valence-electron chi connectivity index (χ0n) is 30.1. The monoisotopic (exact) mass is 727 g/mol. The van der Waals surface area contributed by atoms with Gasteiger partial charge in [0.2, 0.25) is 0 Å². The molecule has 8 rings (SSSR count). The minimum atomic E-state index is -0.821. The van der Waals surface area contributed by atoms with E-state index in [1.54, 1.807) is 18.6 Å². The normalized spacial score (nSPS) is 14.1. The van der Waals surface area contributed by atoms with Gasteiger partial charge in [-0.3, -0.25) is 9.36 Å². The molecule has 7 aromatic rings. The lowest BCUT2D eigenvalue weighted by atomic mass is 9.93. The molecule has 5 aromatic carbocycles. The average molecular weight is 728 g/mol. The van der Waals surface area contributed by atoms with Crippen LogP contribution >= 0.6 is 11.3 Å². The summed E-state index contributed by atoms with van der Waals surface area (Å²) in [5.74, 6) is 0.0748. The molecule has 8 heteroatoms. The first-order chi connectivity index (χ1) is 26.4. The van der Waals surface area contributed by atoms with E-state index in [2.05, 4.69) is 66.1 Å². The Bertz CT molecular complexity index is 2690. The fourth-order valence-electron chi connectivity index (χ4n) is 7.02. The standard InChI is InChI=1S/C46H37N3O4S/c1-4-53-45(51)40-41(32-17-10-6-11-18-32)47-46-49(43(40)34-21-14-22-37(27-34)52-3)44(50)39(54-46)29-35-28-38(31-15-8-5-9-16-31)48(36-25-23-30(2)24-26-36)42(35)33-19-12-7-13-20-33/h5-29,43H,4H2,1-3H3/b39-29-/t43-/m1/s1. The second-order valence-electron chi connectivity index (χ2n) is 12.9. The van der Waals surface area contributed by atoms with E-state index in [0.717, 1.165) is 44.9 Å². The number of aryl methyl sites for hydroxylation is 1. The van der Waals surface area contributed by atoms with Crippen molar-refractivity contribution >= 4 is 29.1 Å². The first-order valence-electron chi connectivity index (χ1n) is 17.8. The van der Waals surface area contributed by atoms with Gasteiger partial charge < -0.3 is 14.0 Å². The van der Waals surface area contributed by atoms with Crippen LogP contribution in [0, 0.1) is 6.92 Å². The van der Waals surface area contributed by atoms with Gasteiger partial charge in [-0.1, -0.05) is 132 Å². The number of rotatable bonds is 9. The third-order valence-electron chi connectivity index (χ3n) is 9.51. The SMILES string of the molecule is CCOC(=O)C1=C(c2ccccc2)N=c2s/c(=C\c3cc(-c4ccccc4)n(-c4ccc(C)cc4)c3-c3ccccc3)c(=O)n2[C@@H]1c1cccc(OC)c1. The van der Waals surface area contributed by atoms with Crippen molar-refractivity contribution in [2.75, 3.05) is 13.7 Å². The molecule has 1 aliphatic rings. The van der Waals surface area contributed by atoms with Crippen molar-refractivity contribution in [3.05, 3.63) is 193 Å². The van der Waals surface area contributed by atoms with Crippen LogP contribution in [0.2, 0.25) is 0 Å². The van der Waals surface area contributed by atoms with E-state index in [1.807, 2.05) is 97.1 Å². The number of ether oxygens (including phenoxy) is 2. The molecule has 0 bridgehead atoms. The summed E-state index contributed by atoms with van der Waals surface area (Å²) in [5, 5.41) is 0. The minimum Gasteiger partial charge on any atom is -0.497 e. The van der Waals surface area contributed by atoms with Gasteiger partial charge in [-0.2, -0.15) is 0 Å². The fourth-order valence-corrected chi connectivity index (χ4v) is 8.02. The summed E-state index contributed by atoms with van der Waals surface area (Å²) in [5.41, 5.74) is 8.98. The Morgan fingerprint density at radius 2 is 1.44 bits per heavy atom. The van der Waals surface area contributed by atoms with Crippen molar-refractivity contribution in [2.45, 2.75) is 19.9 Å². The number of esters is 1. The molecule has 0 unspecified atom stereocenters. The highest BCUT2D eigenvalue weighted by molar-refractivity contribution is 7.07. The van der Waals surface area contributed by atoms with Gasteiger partial charge in [0.25, 0.3) is 5.56 Å². The van der Waals surface area contributed by atoms with Crippen LogP contribution in [0.5, 0.6) is 5.75 Å². The van der Waals surface area contributed by atoms with E-state index in [0.29, 0.717) is 26.3 Å². The highest BCUT2D eigenvalue weighted by atomic mass is 32.1. The molecule has 0 N–H and O–H groups in total. The topological polar surface area (TPSA) is 74.8 Å². The van der Waals surface area contributed by atoms with Crippen molar-refractivity contribution in [1.29, 1.82) is 0 Å². The molecular formula is C46H37N3O4S. The van der Waals surface area contributed by atoms with Crippen LogP contribution in [-0.4, -0.2) is 28.8 Å². The number of carbonyl (C=O) groups is 1. The van der Waals surface area contributed by atoms with E-state index < -0.39 is 12.0 Å². The van der Waals surface area contributed by atoms with Crippen LogP contribution in [-0.2, 0) is 9.53 Å². The van der Waals surface area contributed by atoms with E-state index in [9.17, 15) is 9.59 Å². The Hall–Kier alpha value is -6.51. The van der Waals surface area contributed by atoms with E-state index >= 15 is 0 Å². The number of thiazole rings is 1. The molecule has 0 radical (unpaired) electrons. The summed E-state index contributed by atoms with van der Waals surface area (Å²) < 4.78 is 15.6. The quantitative estimate of drug-likeness (QED) is 0.140. The first-order valence-corrected chi connectivity index (χ1v) is 18.6. The summed E-state index contributed by atoms with van der Waals surface area (Å²) >= 11 is 1.30. The predicted octanol–water partition coefficient (Wildman–Crippen LogP) is 8.38. The van der Waals surface area contributed by atoms with Crippen LogP contribution in [0.3, 0.4) is 0 Å². The average Bonchev–Trinajstić information content (AvgIpc) is 3.75. The smallest absolute Gasteiger partial charge is 0.338 e. The number of nitrogens with zero attached hydrogens (tertiary/aromatic N) is 3. The molecule has 0 amide bonds. The summed E-state index contributed by atoms with van der Waals surface area (Å²) in [6, 6.07) is 47.3. The third kappa shape index (κ3) is 6.41. The van der Waals surface area contributed by atoms with E-state index in [4.69, 9.17) is 14.5 Å². The van der Waals surface area contributed by atoms with Gasteiger partial charge >= 0.3 is 5.97 Å². The number of aromatic nitrogens is 2. The van der Waals surface area contributed by atoms with Gasteiger partial charge in [0.1, 0.15) is 5.75 Å². The van der Waals surface area contributed by atoms with Gasteiger partial charge in [-0.25, -0.2) is 9.79 Å². The van der Waals surface area contributed by atoms with Gasteiger partial charge in [-0.05, 0) is 66.9 Å². The molecule has 1 atom stereocenters. The van der Waals surface area contributed by atoms with Gasteiger partial charge in [0.05, 0.1) is 46.9 Å². The molecular weight excluding hydrogens is 691 g/mol. The molecule has 54 heavy (non-hydrogen) atoms. The van der Waals surface area contributed by atoms with Crippen molar-refractivity contribution in [3.8, 4) is 34.0 Å². The van der Waals surface area contributed by atoms with E-state index in [1.165, 1.54) is 11.3 Å². The van der Waals surface area contributed by atoms with Crippen LogP contribution in [0.1, 0.15) is 35.2 Å². The maximum absolute atomic E-state index is 14.9. The van der Waals surface area contributed by atoms with Crippen LogP contribution in [0.15, 0.2) is 161 Å². The second kappa shape index (κ2) is 14.8. The zero-order valence-corrected chi connectivity index (χ0v) is 30.9. The Kier molecular flexibility index (Phi) is 9.51. The molecule has 3 heterocycles. The molecule has 0 saturated carbocycles. The lowest BCUT2D eigenvalue weighted by Crippen LogP contribution is -2.40. The number of hydrogen-bond acceptors (Lipinski definition) is 6. The fraction of sp³-hybridized carbons (Fsp3) is 0.109. The largest absolute Gasteiger partial charge is 0.497 e. The number of benzene rings is 5. The lowest BCUT2D eigenvalue weighted by molar-refractivity contribution is -0.138. The Labute approximate surface area is 317 Å². The number of fused-ring (bicyclic) bond motifs is 1. The maximum atomic E-state index is 14.9. The number of carbonyl (C=O) groups excluding carboxylic acids is 1. The number of hydrogen-bond donors (Lipinski definition) is 0. The summed E-state index contributed by atoms with van der Waals surface area (Å²) in [6.45, 7) is 4.02. The van der Waals surface area contributed by atoms with Gasteiger partial charge in [0, 0.05) is 16.8 Å². The van der Waals surface area contributed by atoms with Gasteiger partial charge in [-0.15, -0.1) is 0 Å². The first kappa shape index (κ1) is 34.6. The van der Waals surface area contributed by atoms with Crippen molar-refractivity contribution in [1.82, 2.24) is 9.13 Å².